The van der Waals surface area contributed by atoms with Crippen molar-refractivity contribution in [3.63, 3.8) is 0 Å². The fraction of sp³-hybridized carbons (Fsp3) is 0.333. The van der Waals surface area contributed by atoms with E-state index in [9.17, 15) is 4.79 Å². The number of carbonyl (C=O) groups is 1. The molecule has 1 rings (SSSR count). The molecule has 0 atom stereocenters. The van der Waals surface area contributed by atoms with Crippen LogP contribution in [0, 0.1) is 0 Å². The second-order valence-corrected chi connectivity index (χ2v) is 1.76. The molecule has 0 aliphatic heterocycles. The van der Waals surface area contributed by atoms with Crippen LogP contribution in [0.1, 0.15) is 23.1 Å². The van der Waals surface area contributed by atoms with Gasteiger partial charge in [0.1, 0.15) is 12.0 Å². The number of aldehydes is 1. The maximum Gasteiger partial charge on any atom is 0.170 e. The summed E-state index contributed by atoms with van der Waals surface area (Å²) in [5.41, 5.74) is 1.04. The SMILES string of the molecule is CCc1nncnc1C=O. The standard InChI is InChI=1S/C6H7N3O/c1-2-5-6(3-10)7-4-8-9-5/h3-4H,2H2,1H3. The predicted molar refractivity (Wildman–Crippen MR) is 34.6 cm³/mol. The summed E-state index contributed by atoms with van der Waals surface area (Å²) in [6, 6.07) is 0. The molecule has 0 aromatic carbocycles. The lowest BCUT2D eigenvalue weighted by atomic mass is 10.3. The third kappa shape index (κ3) is 1.15. The highest BCUT2D eigenvalue weighted by molar-refractivity contribution is 5.72. The van der Waals surface area contributed by atoms with Crippen molar-refractivity contribution in [3.8, 4) is 0 Å². The zero-order valence-electron chi connectivity index (χ0n) is 5.61. The summed E-state index contributed by atoms with van der Waals surface area (Å²) in [6.07, 6.45) is 2.64. The van der Waals surface area contributed by atoms with Gasteiger partial charge in [-0.2, -0.15) is 5.10 Å². The molecule has 1 aromatic heterocycles. The molecular weight excluding hydrogens is 130 g/mol. The Kier molecular flexibility index (Phi) is 2.04. The summed E-state index contributed by atoms with van der Waals surface area (Å²) in [4.78, 5) is 14.0. The van der Waals surface area contributed by atoms with Gasteiger partial charge in [0.2, 0.25) is 0 Å². The third-order valence-electron chi connectivity index (χ3n) is 1.17. The Balaban J connectivity index is 3.08. The van der Waals surface area contributed by atoms with Gasteiger partial charge in [0.15, 0.2) is 6.29 Å². The van der Waals surface area contributed by atoms with Crippen LogP contribution < -0.4 is 0 Å². The quantitative estimate of drug-likeness (QED) is 0.548. The largest absolute Gasteiger partial charge is 0.296 e. The van der Waals surface area contributed by atoms with Gasteiger partial charge in [0.05, 0.1) is 5.69 Å². The maximum atomic E-state index is 10.3. The average Bonchev–Trinajstić information content (AvgIpc) is 2.04. The van der Waals surface area contributed by atoms with Crippen LogP contribution in [0.3, 0.4) is 0 Å². The van der Waals surface area contributed by atoms with Gasteiger partial charge in [-0.15, -0.1) is 5.10 Å². The molecule has 0 saturated heterocycles. The number of hydrogen-bond donors (Lipinski definition) is 0. The van der Waals surface area contributed by atoms with Crippen molar-refractivity contribution in [2.24, 2.45) is 0 Å². The molecule has 0 N–H and O–H groups in total. The van der Waals surface area contributed by atoms with Gasteiger partial charge in [-0.05, 0) is 6.42 Å². The molecule has 4 nitrogen and oxygen atoms in total. The Morgan fingerprint density at radius 1 is 1.70 bits per heavy atom. The Hall–Kier alpha value is -1.32. The average molecular weight is 137 g/mol. The molecule has 0 radical (unpaired) electrons. The maximum absolute atomic E-state index is 10.3. The van der Waals surface area contributed by atoms with Crippen LogP contribution in [0.4, 0.5) is 0 Å². The molecule has 0 amide bonds. The molecule has 0 spiro atoms. The van der Waals surface area contributed by atoms with E-state index < -0.39 is 0 Å². The highest BCUT2D eigenvalue weighted by Crippen LogP contribution is 1.95. The molecule has 0 bridgehead atoms. The topological polar surface area (TPSA) is 55.7 Å². The normalized spacial score (nSPS) is 9.30. The van der Waals surface area contributed by atoms with E-state index in [2.05, 4.69) is 15.2 Å². The second kappa shape index (κ2) is 3.00. The highest BCUT2D eigenvalue weighted by atomic mass is 16.1. The van der Waals surface area contributed by atoms with Gasteiger partial charge < -0.3 is 0 Å². The van der Waals surface area contributed by atoms with Crippen molar-refractivity contribution in [1.82, 2.24) is 15.2 Å². The van der Waals surface area contributed by atoms with Crippen LogP contribution in [0.15, 0.2) is 6.33 Å². The van der Waals surface area contributed by atoms with Crippen LogP contribution in [0.25, 0.3) is 0 Å². The van der Waals surface area contributed by atoms with Crippen molar-refractivity contribution < 1.29 is 4.79 Å². The third-order valence-corrected chi connectivity index (χ3v) is 1.17. The van der Waals surface area contributed by atoms with Gasteiger partial charge in [-0.25, -0.2) is 4.98 Å². The van der Waals surface area contributed by atoms with Crippen LogP contribution >= 0.6 is 0 Å². The number of aryl methyl sites for hydroxylation is 1. The lowest BCUT2D eigenvalue weighted by Crippen LogP contribution is -1.99. The summed E-state index contributed by atoms with van der Waals surface area (Å²) < 4.78 is 0. The van der Waals surface area contributed by atoms with Crippen LogP contribution in [-0.4, -0.2) is 21.5 Å². The summed E-state index contributed by atoms with van der Waals surface area (Å²) in [6.45, 7) is 1.90. The van der Waals surface area contributed by atoms with E-state index >= 15 is 0 Å². The van der Waals surface area contributed by atoms with E-state index in [0.717, 1.165) is 0 Å². The molecule has 1 heterocycles. The Morgan fingerprint density at radius 3 is 3.00 bits per heavy atom. The van der Waals surface area contributed by atoms with E-state index in [1.807, 2.05) is 6.92 Å². The molecule has 0 aliphatic carbocycles. The minimum absolute atomic E-state index is 0.387. The summed E-state index contributed by atoms with van der Waals surface area (Å²) in [5.74, 6) is 0. The van der Waals surface area contributed by atoms with Crippen molar-refractivity contribution in [2.45, 2.75) is 13.3 Å². The Bertz CT molecular complexity index is 236. The van der Waals surface area contributed by atoms with E-state index in [-0.39, 0.29) is 0 Å². The second-order valence-electron chi connectivity index (χ2n) is 1.76. The first-order valence-electron chi connectivity index (χ1n) is 3.00. The minimum Gasteiger partial charge on any atom is -0.296 e. The fourth-order valence-electron chi connectivity index (χ4n) is 0.660. The number of carbonyl (C=O) groups excluding carboxylic acids is 1. The molecule has 0 aliphatic rings. The highest BCUT2D eigenvalue weighted by Gasteiger charge is 1.99. The van der Waals surface area contributed by atoms with Crippen molar-refractivity contribution in [2.75, 3.05) is 0 Å². The van der Waals surface area contributed by atoms with Crippen molar-refractivity contribution >= 4 is 6.29 Å². The molecule has 0 fully saturated rings. The van der Waals surface area contributed by atoms with Gasteiger partial charge in [0.25, 0.3) is 0 Å². The first kappa shape index (κ1) is 6.80. The lowest BCUT2D eigenvalue weighted by molar-refractivity contribution is 0.111. The number of aromatic nitrogens is 3. The minimum atomic E-state index is 0.387. The molecule has 10 heavy (non-hydrogen) atoms. The molecule has 52 valence electrons. The Labute approximate surface area is 58.3 Å². The van der Waals surface area contributed by atoms with E-state index in [0.29, 0.717) is 24.1 Å². The van der Waals surface area contributed by atoms with Crippen LogP contribution in [0.5, 0.6) is 0 Å². The van der Waals surface area contributed by atoms with E-state index in [1.165, 1.54) is 6.33 Å². The Morgan fingerprint density at radius 2 is 2.50 bits per heavy atom. The zero-order valence-corrected chi connectivity index (χ0v) is 5.61. The summed E-state index contributed by atoms with van der Waals surface area (Å²) in [7, 11) is 0. The van der Waals surface area contributed by atoms with Gasteiger partial charge in [-0.1, -0.05) is 6.92 Å². The number of hydrogen-bond acceptors (Lipinski definition) is 4. The summed E-state index contributed by atoms with van der Waals surface area (Å²) >= 11 is 0. The molecule has 1 aromatic rings. The van der Waals surface area contributed by atoms with Gasteiger partial charge in [-0.3, -0.25) is 4.79 Å². The lowest BCUT2D eigenvalue weighted by Gasteiger charge is -1.93. The first-order valence-corrected chi connectivity index (χ1v) is 3.00. The fourth-order valence-corrected chi connectivity index (χ4v) is 0.660. The van der Waals surface area contributed by atoms with E-state index in [1.54, 1.807) is 0 Å². The monoisotopic (exact) mass is 137 g/mol. The molecular formula is C6H7N3O. The van der Waals surface area contributed by atoms with Crippen molar-refractivity contribution in [1.29, 1.82) is 0 Å². The molecule has 0 unspecified atom stereocenters. The predicted octanol–water partition coefficient (Wildman–Crippen LogP) is 0.247. The van der Waals surface area contributed by atoms with E-state index in [4.69, 9.17) is 0 Å². The van der Waals surface area contributed by atoms with Gasteiger partial charge >= 0.3 is 0 Å². The first-order chi connectivity index (χ1) is 4.88. The summed E-state index contributed by atoms with van der Waals surface area (Å²) in [5, 5.41) is 7.27. The van der Waals surface area contributed by atoms with Crippen LogP contribution in [0.2, 0.25) is 0 Å². The molecule has 0 saturated carbocycles. The molecule has 4 heteroatoms. The van der Waals surface area contributed by atoms with Crippen molar-refractivity contribution in [3.05, 3.63) is 17.7 Å². The number of nitrogens with zero attached hydrogens (tertiary/aromatic N) is 3. The van der Waals surface area contributed by atoms with Gasteiger partial charge in [0, 0.05) is 0 Å². The zero-order chi connectivity index (χ0) is 7.40. The smallest absolute Gasteiger partial charge is 0.170 e. The number of rotatable bonds is 2. The van der Waals surface area contributed by atoms with Crippen LogP contribution in [-0.2, 0) is 6.42 Å².